The highest BCUT2D eigenvalue weighted by atomic mass is 16.5. The van der Waals surface area contributed by atoms with Gasteiger partial charge in [-0.05, 0) is 39.2 Å². The maximum atomic E-state index is 12.5. The fraction of sp³-hybridized carbons (Fsp3) is 0.444. The van der Waals surface area contributed by atoms with Crippen LogP contribution in [-0.2, 0) is 17.7 Å². The van der Waals surface area contributed by atoms with Gasteiger partial charge in [0.05, 0.1) is 26.2 Å². The molecule has 0 aliphatic rings. The molecule has 2 aromatic rings. The molecule has 0 bridgehead atoms. The Morgan fingerprint density at radius 3 is 2.71 bits per heavy atom. The molecule has 6 heteroatoms. The van der Waals surface area contributed by atoms with E-state index >= 15 is 0 Å². The fourth-order valence-corrected chi connectivity index (χ4v) is 2.75. The number of hydrogen-bond acceptors (Lipinski definition) is 5. The van der Waals surface area contributed by atoms with Crippen LogP contribution in [0.2, 0.25) is 0 Å². The first-order valence-electron chi connectivity index (χ1n) is 7.91. The van der Waals surface area contributed by atoms with E-state index in [0.717, 1.165) is 17.4 Å². The van der Waals surface area contributed by atoms with Crippen LogP contribution in [0.4, 0.5) is 0 Å². The molecule has 0 saturated heterocycles. The van der Waals surface area contributed by atoms with Crippen LogP contribution in [0.15, 0.2) is 18.2 Å². The number of nitrogens with zero attached hydrogens (tertiary/aromatic N) is 3. The molecule has 6 nitrogen and oxygen atoms in total. The molecule has 0 aliphatic heterocycles. The van der Waals surface area contributed by atoms with E-state index in [1.807, 2.05) is 41.8 Å². The van der Waals surface area contributed by atoms with Gasteiger partial charge in [0.2, 0.25) is 0 Å². The van der Waals surface area contributed by atoms with E-state index in [0.29, 0.717) is 30.2 Å². The summed E-state index contributed by atoms with van der Waals surface area (Å²) in [5, 5.41) is 10.1. The summed E-state index contributed by atoms with van der Waals surface area (Å²) in [5.41, 5.74) is 2.07. The minimum atomic E-state index is -0.392. The topological polar surface area (TPSA) is 67.5 Å². The van der Waals surface area contributed by atoms with Crippen molar-refractivity contribution >= 4 is 16.9 Å². The summed E-state index contributed by atoms with van der Waals surface area (Å²) in [7, 11) is 5.56. The van der Waals surface area contributed by atoms with Gasteiger partial charge in [0, 0.05) is 29.6 Å². The van der Waals surface area contributed by atoms with E-state index in [-0.39, 0.29) is 6.42 Å². The Kier molecular flexibility index (Phi) is 5.83. The summed E-state index contributed by atoms with van der Waals surface area (Å²) >= 11 is 0. The van der Waals surface area contributed by atoms with Crippen LogP contribution >= 0.6 is 0 Å². The number of rotatable bonds is 7. The van der Waals surface area contributed by atoms with E-state index in [1.54, 1.807) is 14.0 Å². The lowest BCUT2D eigenvalue weighted by atomic mass is 10.1. The first-order valence-corrected chi connectivity index (χ1v) is 7.91. The number of benzene rings is 1. The van der Waals surface area contributed by atoms with Gasteiger partial charge in [-0.25, -0.2) is 4.79 Å². The first-order chi connectivity index (χ1) is 11.5. The Bertz CT molecular complexity index is 772. The van der Waals surface area contributed by atoms with Crippen molar-refractivity contribution in [2.45, 2.75) is 19.9 Å². The summed E-state index contributed by atoms with van der Waals surface area (Å²) in [6, 6.07) is 7.81. The number of hydrogen-bond donors (Lipinski definition) is 0. The number of nitriles is 1. The zero-order chi connectivity index (χ0) is 17.7. The van der Waals surface area contributed by atoms with Crippen LogP contribution in [0.5, 0.6) is 5.75 Å². The number of aromatic nitrogens is 1. The molecule has 0 amide bonds. The lowest BCUT2D eigenvalue weighted by Gasteiger charge is -2.14. The molecule has 2 rings (SSSR count). The van der Waals surface area contributed by atoms with Crippen LogP contribution in [0, 0.1) is 11.3 Å². The Balaban J connectivity index is 2.70. The Hall–Kier alpha value is -2.52. The smallest absolute Gasteiger partial charge is 0.355 e. The summed E-state index contributed by atoms with van der Waals surface area (Å²) < 4.78 is 12.5. The predicted octanol–water partition coefficient (Wildman–Crippen LogP) is 2.45. The number of likely N-dealkylation sites (N-methyl/N-ethyl adjacent to an activating group) is 1. The van der Waals surface area contributed by atoms with E-state index in [9.17, 15) is 10.1 Å². The molecule has 0 aliphatic carbocycles. The average Bonchev–Trinajstić information content (AvgIpc) is 2.86. The minimum absolute atomic E-state index is 0.146. The second-order valence-corrected chi connectivity index (χ2v) is 5.72. The van der Waals surface area contributed by atoms with E-state index < -0.39 is 5.97 Å². The molecule has 0 spiro atoms. The van der Waals surface area contributed by atoms with Gasteiger partial charge in [-0.2, -0.15) is 5.26 Å². The van der Waals surface area contributed by atoms with Gasteiger partial charge in [0.25, 0.3) is 0 Å². The van der Waals surface area contributed by atoms with Crippen LogP contribution in [0.3, 0.4) is 0 Å². The first kappa shape index (κ1) is 17.8. The van der Waals surface area contributed by atoms with Crippen molar-refractivity contribution in [3.05, 3.63) is 29.5 Å². The van der Waals surface area contributed by atoms with Gasteiger partial charge < -0.3 is 18.9 Å². The van der Waals surface area contributed by atoms with Crippen LogP contribution < -0.4 is 4.74 Å². The van der Waals surface area contributed by atoms with Crippen molar-refractivity contribution in [3.63, 3.8) is 0 Å². The fourth-order valence-electron chi connectivity index (χ4n) is 2.75. The molecular weight excluding hydrogens is 306 g/mol. The number of carbonyl (C=O) groups is 1. The van der Waals surface area contributed by atoms with Crippen molar-refractivity contribution in [1.82, 2.24) is 9.47 Å². The third-order valence-electron chi connectivity index (χ3n) is 3.87. The van der Waals surface area contributed by atoms with Crippen molar-refractivity contribution < 1.29 is 14.3 Å². The van der Waals surface area contributed by atoms with Crippen molar-refractivity contribution in [1.29, 1.82) is 5.26 Å². The van der Waals surface area contributed by atoms with E-state index in [2.05, 4.69) is 6.07 Å². The molecule has 0 N–H and O–H groups in total. The standard InChI is InChI=1S/C18H23N3O3/c1-5-24-18(22)17-14(8-9-19)15-12-13(23-4)6-7-16(15)21(17)11-10-20(2)3/h6-7,12H,5,8,10-11H2,1-4H3. The largest absolute Gasteiger partial charge is 0.497 e. The molecule has 0 radical (unpaired) electrons. The van der Waals surface area contributed by atoms with Crippen LogP contribution in [0.1, 0.15) is 23.0 Å². The highest BCUT2D eigenvalue weighted by molar-refractivity contribution is 5.99. The number of fused-ring (bicyclic) bond motifs is 1. The van der Waals surface area contributed by atoms with Crippen molar-refractivity contribution in [2.24, 2.45) is 0 Å². The molecular formula is C18H23N3O3. The number of methoxy groups -OCH3 is 1. The zero-order valence-corrected chi connectivity index (χ0v) is 14.6. The van der Waals surface area contributed by atoms with Gasteiger partial charge in [0.15, 0.2) is 0 Å². The average molecular weight is 329 g/mol. The third kappa shape index (κ3) is 3.52. The van der Waals surface area contributed by atoms with Crippen LogP contribution in [0.25, 0.3) is 10.9 Å². The lowest BCUT2D eigenvalue weighted by Crippen LogP contribution is -2.22. The van der Waals surface area contributed by atoms with Gasteiger partial charge in [0.1, 0.15) is 11.4 Å². The molecule has 0 fully saturated rings. The van der Waals surface area contributed by atoms with Gasteiger partial charge >= 0.3 is 5.97 Å². The summed E-state index contributed by atoms with van der Waals surface area (Å²) in [6.07, 6.45) is 0.146. The van der Waals surface area contributed by atoms with Gasteiger partial charge in [-0.1, -0.05) is 0 Å². The van der Waals surface area contributed by atoms with Gasteiger partial charge in [-0.15, -0.1) is 0 Å². The Morgan fingerprint density at radius 1 is 1.38 bits per heavy atom. The molecule has 24 heavy (non-hydrogen) atoms. The normalized spacial score (nSPS) is 10.8. The van der Waals surface area contributed by atoms with Crippen LogP contribution in [-0.4, -0.2) is 49.8 Å². The maximum absolute atomic E-state index is 12.5. The molecule has 1 aromatic carbocycles. The number of esters is 1. The van der Waals surface area contributed by atoms with Crippen molar-refractivity contribution in [3.8, 4) is 11.8 Å². The second kappa shape index (κ2) is 7.84. The molecule has 1 heterocycles. The molecule has 0 atom stereocenters. The van der Waals surface area contributed by atoms with Crippen molar-refractivity contribution in [2.75, 3.05) is 34.4 Å². The molecule has 0 saturated carbocycles. The third-order valence-corrected chi connectivity index (χ3v) is 3.87. The minimum Gasteiger partial charge on any atom is -0.497 e. The molecule has 128 valence electrons. The highest BCUT2D eigenvalue weighted by Gasteiger charge is 2.24. The summed E-state index contributed by atoms with van der Waals surface area (Å²) in [5.74, 6) is 0.304. The SMILES string of the molecule is CCOC(=O)c1c(CC#N)c2cc(OC)ccc2n1CCN(C)C. The number of carbonyl (C=O) groups excluding carboxylic acids is 1. The molecule has 0 unspecified atom stereocenters. The Morgan fingerprint density at radius 2 is 2.12 bits per heavy atom. The summed E-state index contributed by atoms with van der Waals surface area (Å²) in [4.78, 5) is 14.6. The highest BCUT2D eigenvalue weighted by Crippen LogP contribution is 2.30. The van der Waals surface area contributed by atoms with Gasteiger partial charge in [-0.3, -0.25) is 0 Å². The predicted molar refractivity (Wildman–Crippen MR) is 92.3 cm³/mol. The molecule has 1 aromatic heterocycles. The monoisotopic (exact) mass is 329 g/mol. The Labute approximate surface area is 142 Å². The van der Waals surface area contributed by atoms with E-state index in [1.165, 1.54) is 0 Å². The maximum Gasteiger partial charge on any atom is 0.355 e. The zero-order valence-electron chi connectivity index (χ0n) is 14.6. The number of ether oxygens (including phenoxy) is 2. The summed E-state index contributed by atoms with van der Waals surface area (Å²) in [6.45, 7) is 3.48. The second-order valence-electron chi connectivity index (χ2n) is 5.72. The lowest BCUT2D eigenvalue weighted by molar-refractivity contribution is 0.0512. The quantitative estimate of drug-likeness (QED) is 0.730. The van der Waals surface area contributed by atoms with E-state index in [4.69, 9.17) is 9.47 Å².